The molecular formula is C13H21N3O2S. The van der Waals surface area contributed by atoms with Gasteiger partial charge in [0.1, 0.15) is 4.90 Å². The smallest absolute Gasteiger partial charge is 0.240 e. The van der Waals surface area contributed by atoms with Gasteiger partial charge in [-0.3, -0.25) is 0 Å². The van der Waals surface area contributed by atoms with Crippen LogP contribution in [-0.2, 0) is 10.0 Å². The van der Waals surface area contributed by atoms with Crippen molar-refractivity contribution in [2.45, 2.75) is 30.7 Å². The van der Waals surface area contributed by atoms with Crippen molar-refractivity contribution in [3.8, 4) is 0 Å². The third-order valence-corrected chi connectivity index (χ3v) is 4.38. The van der Waals surface area contributed by atoms with E-state index < -0.39 is 10.0 Å². The third-order valence-electron chi connectivity index (χ3n) is 3.42. The third kappa shape index (κ3) is 3.26. The van der Waals surface area contributed by atoms with Crippen LogP contribution in [0.5, 0.6) is 0 Å². The van der Waals surface area contributed by atoms with E-state index in [1.807, 2.05) is 12.1 Å². The number of hydrogen-bond acceptors (Lipinski definition) is 4. The van der Waals surface area contributed by atoms with E-state index >= 15 is 0 Å². The van der Waals surface area contributed by atoms with E-state index in [1.165, 1.54) is 0 Å². The van der Waals surface area contributed by atoms with E-state index in [-0.39, 0.29) is 4.90 Å². The number of sulfonamides is 1. The quantitative estimate of drug-likeness (QED) is 0.842. The van der Waals surface area contributed by atoms with Gasteiger partial charge in [-0.15, -0.1) is 0 Å². The lowest BCUT2D eigenvalue weighted by atomic mass is 10.1. The first-order valence-electron chi connectivity index (χ1n) is 6.63. The highest BCUT2D eigenvalue weighted by atomic mass is 32.2. The Bertz CT molecular complexity index is 524. The summed E-state index contributed by atoms with van der Waals surface area (Å²) in [5, 5.41) is 8.64. The Hall–Kier alpha value is -1.11. The number of rotatable bonds is 5. The van der Waals surface area contributed by atoms with Gasteiger partial charge in [0.15, 0.2) is 0 Å². The second-order valence-electron chi connectivity index (χ2n) is 4.85. The van der Waals surface area contributed by atoms with Crippen molar-refractivity contribution in [2.75, 3.05) is 24.5 Å². The minimum absolute atomic E-state index is 0.218. The summed E-state index contributed by atoms with van der Waals surface area (Å²) >= 11 is 0. The molecule has 1 unspecified atom stereocenters. The summed E-state index contributed by atoms with van der Waals surface area (Å²) in [6, 6.07) is 7.32. The summed E-state index contributed by atoms with van der Waals surface area (Å²) in [5.41, 5.74) is 0.723. The highest BCUT2D eigenvalue weighted by Crippen LogP contribution is 2.27. The van der Waals surface area contributed by atoms with Gasteiger partial charge in [0.25, 0.3) is 0 Å². The minimum Gasteiger partial charge on any atom is -0.366 e. The lowest BCUT2D eigenvalue weighted by Crippen LogP contribution is -2.38. The highest BCUT2D eigenvalue weighted by molar-refractivity contribution is 7.89. The number of anilines is 1. The Balaban J connectivity index is 2.41. The van der Waals surface area contributed by atoms with E-state index in [2.05, 4.69) is 17.1 Å². The number of hydrogen-bond donors (Lipinski definition) is 2. The number of benzene rings is 1. The lowest BCUT2D eigenvalue weighted by molar-refractivity contribution is 0.592. The van der Waals surface area contributed by atoms with Gasteiger partial charge in [-0.1, -0.05) is 19.1 Å². The maximum Gasteiger partial charge on any atom is 0.240 e. The molecule has 1 aliphatic heterocycles. The molecule has 0 saturated carbocycles. The summed E-state index contributed by atoms with van der Waals surface area (Å²) < 4.78 is 23.4. The molecule has 0 spiro atoms. The Labute approximate surface area is 114 Å². The predicted octanol–water partition coefficient (Wildman–Crippen LogP) is 0.912. The number of para-hydroxylation sites is 1. The average molecular weight is 283 g/mol. The van der Waals surface area contributed by atoms with Crippen LogP contribution in [0.1, 0.15) is 19.8 Å². The fraction of sp³-hybridized carbons (Fsp3) is 0.538. The van der Waals surface area contributed by atoms with Crippen LogP contribution >= 0.6 is 0 Å². The highest BCUT2D eigenvalue weighted by Gasteiger charge is 2.26. The van der Waals surface area contributed by atoms with Gasteiger partial charge in [0.2, 0.25) is 10.0 Å². The SMILES string of the molecule is CCCN(c1ccccc1S(N)(=O)=O)C1CCNC1. The molecule has 1 aromatic rings. The molecule has 1 atom stereocenters. The summed E-state index contributed by atoms with van der Waals surface area (Å²) in [7, 11) is -3.69. The van der Waals surface area contributed by atoms with Gasteiger partial charge < -0.3 is 10.2 Å². The maximum atomic E-state index is 11.7. The molecule has 19 heavy (non-hydrogen) atoms. The molecule has 0 bridgehead atoms. The second kappa shape index (κ2) is 5.90. The molecular weight excluding hydrogens is 262 g/mol. The van der Waals surface area contributed by atoms with Crippen LogP contribution in [0.4, 0.5) is 5.69 Å². The summed E-state index contributed by atoms with van der Waals surface area (Å²) in [6.07, 6.45) is 1.99. The number of nitrogens with zero attached hydrogens (tertiary/aromatic N) is 1. The van der Waals surface area contributed by atoms with Crippen molar-refractivity contribution in [2.24, 2.45) is 5.14 Å². The van der Waals surface area contributed by atoms with Crippen molar-refractivity contribution < 1.29 is 8.42 Å². The molecule has 0 radical (unpaired) electrons. The molecule has 0 aromatic heterocycles. The van der Waals surface area contributed by atoms with Crippen molar-refractivity contribution >= 4 is 15.7 Å². The molecule has 1 fully saturated rings. The van der Waals surface area contributed by atoms with Crippen molar-refractivity contribution in [1.29, 1.82) is 0 Å². The van der Waals surface area contributed by atoms with Crippen LogP contribution in [-0.4, -0.2) is 34.1 Å². The first-order valence-corrected chi connectivity index (χ1v) is 8.18. The van der Waals surface area contributed by atoms with E-state index in [4.69, 9.17) is 5.14 Å². The molecule has 1 aromatic carbocycles. The Morgan fingerprint density at radius 2 is 2.16 bits per heavy atom. The standard InChI is InChI=1S/C13H21N3O2S/c1-2-9-16(11-7-8-15-10-11)12-5-3-4-6-13(12)19(14,17)18/h3-6,11,15H,2,7-10H2,1H3,(H2,14,17,18). The molecule has 1 heterocycles. The molecule has 5 nitrogen and oxygen atoms in total. The van der Waals surface area contributed by atoms with E-state index in [0.29, 0.717) is 6.04 Å². The van der Waals surface area contributed by atoms with Crippen LogP contribution in [0, 0.1) is 0 Å². The van der Waals surface area contributed by atoms with Crippen molar-refractivity contribution in [1.82, 2.24) is 5.32 Å². The molecule has 6 heteroatoms. The van der Waals surface area contributed by atoms with Crippen molar-refractivity contribution in [3.63, 3.8) is 0 Å². The zero-order valence-electron chi connectivity index (χ0n) is 11.2. The fourth-order valence-corrected chi connectivity index (χ4v) is 3.33. The monoisotopic (exact) mass is 283 g/mol. The molecule has 1 aliphatic rings. The molecule has 2 rings (SSSR count). The zero-order valence-corrected chi connectivity index (χ0v) is 12.0. The number of nitrogens with one attached hydrogen (secondary N) is 1. The first-order chi connectivity index (χ1) is 9.04. The summed E-state index contributed by atoms with van der Waals surface area (Å²) in [4.78, 5) is 2.38. The van der Waals surface area contributed by atoms with Crippen LogP contribution in [0.3, 0.4) is 0 Å². The normalized spacial score (nSPS) is 19.6. The Morgan fingerprint density at radius 3 is 2.74 bits per heavy atom. The average Bonchev–Trinajstić information content (AvgIpc) is 2.88. The number of primary sulfonamides is 1. The number of nitrogens with two attached hydrogens (primary N) is 1. The predicted molar refractivity (Wildman–Crippen MR) is 76.7 cm³/mol. The van der Waals surface area contributed by atoms with Gasteiger partial charge in [-0.25, -0.2) is 13.6 Å². The van der Waals surface area contributed by atoms with Gasteiger partial charge in [0.05, 0.1) is 5.69 Å². The topological polar surface area (TPSA) is 75.4 Å². The lowest BCUT2D eigenvalue weighted by Gasteiger charge is -2.31. The van der Waals surface area contributed by atoms with E-state index in [0.717, 1.165) is 38.2 Å². The van der Waals surface area contributed by atoms with Crippen LogP contribution < -0.4 is 15.4 Å². The van der Waals surface area contributed by atoms with Gasteiger partial charge in [-0.05, 0) is 31.5 Å². The van der Waals surface area contributed by atoms with Crippen LogP contribution in [0.2, 0.25) is 0 Å². The van der Waals surface area contributed by atoms with E-state index in [9.17, 15) is 8.42 Å². The van der Waals surface area contributed by atoms with Gasteiger partial charge >= 0.3 is 0 Å². The first kappa shape index (κ1) is 14.3. The molecule has 0 amide bonds. The molecule has 1 saturated heterocycles. The minimum atomic E-state index is -3.69. The fourth-order valence-electron chi connectivity index (χ4n) is 2.58. The van der Waals surface area contributed by atoms with Crippen LogP contribution in [0.15, 0.2) is 29.2 Å². The van der Waals surface area contributed by atoms with Crippen molar-refractivity contribution in [3.05, 3.63) is 24.3 Å². The Kier molecular flexibility index (Phi) is 4.44. The Morgan fingerprint density at radius 1 is 1.42 bits per heavy atom. The van der Waals surface area contributed by atoms with Gasteiger partial charge in [0, 0.05) is 19.1 Å². The summed E-state index contributed by atoms with van der Waals surface area (Å²) in [6.45, 7) is 4.79. The second-order valence-corrected chi connectivity index (χ2v) is 6.38. The summed E-state index contributed by atoms with van der Waals surface area (Å²) in [5.74, 6) is 0. The largest absolute Gasteiger partial charge is 0.366 e. The molecule has 3 N–H and O–H groups in total. The molecule has 0 aliphatic carbocycles. The molecule has 106 valence electrons. The van der Waals surface area contributed by atoms with Gasteiger partial charge in [-0.2, -0.15) is 0 Å². The maximum absolute atomic E-state index is 11.7. The van der Waals surface area contributed by atoms with Crippen LogP contribution in [0.25, 0.3) is 0 Å². The zero-order chi connectivity index (χ0) is 13.9. The van der Waals surface area contributed by atoms with E-state index in [1.54, 1.807) is 12.1 Å².